The summed E-state index contributed by atoms with van der Waals surface area (Å²) in [5, 5.41) is 3.31. The Labute approximate surface area is 107 Å². The van der Waals surface area contributed by atoms with Crippen molar-refractivity contribution in [2.75, 3.05) is 19.7 Å². The zero-order valence-electron chi connectivity index (χ0n) is 11.0. The van der Waals surface area contributed by atoms with Crippen LogP contribution in [0.5, 0.6) is 5.75 Å². The number of hydrogen-bond donors (Lipinski definition) is 1. The van der Waals surface area contributed by atoms with E-state index in [9.17, 15) is 8.78 Å². The summed E-state index contributed by atoms with van der Waals surface area (Å²) in [5.41, 5.74) is 0. The van der Waals surface area contributed by atoms with Crippen LogP contribution in [0.25, 0.3) is 0 Å². The minimum absolute atomic E-state index is 0.00913. The molecule has 1 aromatic rings. The molecule has 0 amide bonds. The average Bonchev–Trinajstić information content (AvgIpc) is 2.32. The lowest BCUT2D eigenvalue weighted by molar-refractivity contribution is 0.285. The van der Waals surface area contributed by atoms with E-state index in [0.717, 1.165) is 32.0 Å². The van der Waals surface area contributed by atoms with Gasteiger partial charge in [0.25, 0.3) is 0 Å². The monoisotopic (exact) mass is 257 g/mol. The van der Waals surface area contributed by atoms with Crippen LogP contribution in [0.1, 0.15) is 26.7 Å². The summed E-state index contributed by atoms with van der Waals surface area (Å²) in [6.07, 6.45) is 1.78. The summed E-state index contributed by atoms with van der Waals surface area (Å²) < 4.78 is 31.3. The van der Waals surface area contributed by atoms with Crippen molar-refractivity contribution < 1.29 is 13.5 Å². The van der Waals surface area contributed by atoms with Crippen molar-refractivity contribution >= 4 is 0 Å². The third-order valence-electron chi connectivity index (χ3n) is 2.47. The first-order chi connectivity index (χ1) is 8.61. The van der Waals surface area contributed by atoms with Gasteiger partial charge in [-0.3, -0.25) is 0 Å². The van der Waals surface area contributed by atoms with Gasteiger partial charge in [0.15, 0.2) is 11.6 Å². The van der Waals surface area contributed by atoms with Gasteiger partial charge in [0.1, 0.15) is 0 Å². The Morgan fingerprint density at radius 3 is 2.72 bits per heavy atom. The fourth-order valence-electron chi connectivity index (χ4n) is 1.52. The molecule has 0 aromatic heterocycles. The van der Waals surface area contributed by atoms with E-state index in [1.165, 1.54) is 12.1 Å². The zero-order valence-corrected chi connectivity index (χ0v) is 11.0. The van der Waals surface area contributed by atoms with Gasteiger partial charge in [0.05, 0.1) is 6.61 Å². The highest BCUT2D eigenvalue weighted by atomic mass is 19.2. The fraction of sp³-hybridized carbons (Fsp3) is 0.571. The first kappa shape index (κ1) is 14.9. The average molecular weight is 257 g/mol. The van der Waals surface area contributed by atoms with E-state index in [0.29, 0.717) is 12.5 Å². The molecule has 0 saturated heterocycles. The predicted octanol–water partition coefficient (Wildman–Crippen LogP) is 3.37. The Morgan fingerprint density at radius 2 is 2.00 bits per heavy atom. The van der Waals surface area contributed by atoms with Crippen LogP contribution in [-0.4, -0.2) is 19.7 Å². The molecule has 0 aliphatic rings. The quantitative estimate of drug-likeness (QED) is 0.721. The highest BCUT2D eigenvalue weighted by Gasteiger charge is 2.07. The molecule has 1 N–H and O–H groups in total. The maximum Gasteiger partial charge on any atom is 0.200 e. The first-order valence-electron chi connectivity index (χ1n) is 6.38. The van der Waals surface area contributed by atoms with E-state index in [-0.39, 0.29) is 5.75 Å². The highest BCUT2D eigenvalue weighted by molar-refractivity contribution is 5.24. The van der Waals surface area contributed by atoms with Crippen LogP contribution in [-0.2, 0) is 0 Å². The van der Waals surface area contributed by atoms with Gasteiger partial charge in [-0.2, -0.15) is 4.39 Å². The lowest BCUT2D eigenvalue weighted by Crippen LogP contribution is -2.21. The number of benzene rings is 1. The van der Waals surface area contributed by atoms with E-state index < -0.39 is 11.6 Å². The van der Waals surface area contributed by atoms with E-state index in [1.54, 1.807) is 0 Å². The Balaban J connectivity index is 2.13. The minimum atomic E-state index is -0.907. The molecule has 0 bridgehead atoms. The molecule has 0 unspecified atom stereocenters. The number of rotatable bonds is 8. The van der Waals surface area contributed by atoms with Gasteiger partial charge in [-0.15, -0.1) is 0 Å². The van der Waals surface area contributed by atoms with E-state index in [4.69, 9.17) is 4.74 Å². The zero-order chi connectivity index (χ0) is 13.4. The minimum Gasteiger partial charge on any atom is -0.490 e. The number of halogens is 2. The standard InChI is InChI=1S/C14H21F2NO/c1-11(2)10-17-8-3-4-9-18-13-7-5-6-12(15)14(13)16/h5-7,11,17H,3-4,8-10H2,1-2H3. The molecule has 102 valence electrons. The maximum atomic E-state index is 13.2. The number of hydrogen-bond acceptors (Lipinski definition) is 2. The van der Waals surface area contributed by atoms with Crippen molar-refractivity contribution in [2.45, 2.75) is 26.7 Å². The van der Waals surface area contributed by atoms with Gasteiger partial charge in [-0.25, -0.2) is 4.39 Å². The summed E-state index contributed by atoms with van der Waals surface area (Å²) in [4.78, 5) is 0. The van der Waals surface area contributed by atoms with Gasteiger partial charge >= 0.3 is 0 Å². The van der Waals surface area contributed by atoms with Gasteiger partial charge in [-0.05, 0) is 44.0 Å². The first-order valence-corrected chi connectivity index (χ1v) is 6.38. The van der Waals surface area contributed by atoms with Crippen molar-refractivity contribution in [1.82, 2.24) is 5.32 Å². The lowest BCUT2D eigenvalue weighted by atomic mass is 10.2. The van der Waals surface area contributed by atoms with Crippen molar-refractivity contribution in [3.63, 3.8) is 0 Å². The van der Waals surface area contributed by atoms with Crippen molar-refractivity contribution in [3.05, 3.63) is 29.8 Å². The Morgan fingerprint density at radius 1 is 1.22 bits per heavy atom. The summed E-state index contributed by atoms with van der Waals surface area (Å²) >= 11 is 0. The van der Waals surface area contributed by atoms with Crippen LogP contribution in [0, 0.1) is 17.6 Å². The normalized spacial score (nSPS) is 10.9. The molecule has 4 heteroatoms. The lowest BCUT2D eigenvalue weighted by Gasteiger charge is -2.09. The molecule has 0 heterocycles. The van der Waals surface area contributed by atoms with Gasteiger partial charge in [0, 0.05) is 0 Å². The molecule has 1 rings (SSSR count). The highest BCUT2D eigenvalue weighted by Crippen LogP contribution is 2.19. The predicted molar refractivity (Wildman–Crippen MR) is 68.8 cm³/mol. The van der Waals surface area contributed by atoms with Crippen LogP contribution in [0.2, 0.25) is 0 Å². The Kier molecular flexibility index (Phi) is 6.65. The molecule has 0 aliphatic heterocycles. The summed E-state index contributed by atoms with van der Waals surface area (Å²) in [6, 6.07) is 3.96. The molecule has 18 heavy (non-hydrogen) atoms. The molecule has 0 saturated carbocycles. The van der Waals surface area contributed by atoms with E-state index in [1.807, 2.05) is 0 Å². The smallest absolute Gasteiger partial charge is 0.200 e. The van der Waals surface area contributed by atoms with E-state index in [2.05, 4.69) is 19.2 Å². The number of unbranched alkanes of at least 4 members (excludes halogenated alkanes) is 1. The molecule has 0 aliphatic carbocycles. The van der Waals surface area contributed by atoms with Crippen molar-refractivity contribution in [2.24, 2.45) is 5.92 Å². The van der Waals surface area contributed by atoms with Gasteiger partial charge < -0.3 is 10.1 Å². The van der Waals surface area contributed by atoms with Gasteiger partial charge in [0.2, 0.25) is 5.82 Å². The van der Waals surface area contributed by atoms with Crippen LogP contribution in [0.15, 0.2) is 18.2 Å². The summed E-state index contributed by atoms with van der Waals surface area (Å²) in [5.74, 6) is -1.14. The SMILES string of the molecule is CC(C)CNCCCCOc1cccc(F)c1F. The topological polar surface area (TPSA) is 21.3 Å². The van der Waals surface area contributed by atoms with Crippen molar-refractivity contribution in [3.8, 4) is 5.75 Å². The Bertz CT molecular complexity index is 356. The fourth-order valence-corrected chi connectivity index (χ4v) is 1.52. The second-order valence-corrected chi connectivity index (χ2v) is 4.71. The Hall–Kier alpha value is -1.16. The second kappa shape index (κ2) is 8.03. The molecular weight excluding hydrogens is 236 g/mol. The third-order valence-corrected chi connectivity index (χ3v) is 2.47. The molecule has 0 atom stereocenters. The molecule has 0 fully saturated rings. The largest absolute Gasteiger partial charge is 0.490 e. The summed E-state index contributed by atoms with van der Waals surface area (Å²) in [6.45, 7) is 6.64. The third kappa shape index (κ3) is 5.45. The van der Waals surface area contributed by atoms with Crippen LogP contribution in [0.3, 0.4) is 0 Å². The molecule has 1 aromatic carbocycles. The van der Waals surface area contributed by atoms with Gasteiger partial charge in [-0.1, -0.05) is 19.9 Å². The van der Waals surface area contributed by atoms with Crippen LogP contribution in [0.4, 0.5) is 8.78 Å². The molecule has 0 spiro atoms. The van der Waals surface area contributed by atoms with Crippen LogP contribution >= 0.6 is 0 Å². The van der Waals surface area contributed by atoms with Crippen LogP contribution < -0.4 is 10.1 Å². The molecule has 0 radical (unpaired) electrons. The van der Waals surface area contributed by atoms with Crippen molar-refractivity contribution in [1.29, 1.82) is 0 Å². The molecular formula is C14H21F2NO. The summed E-state index contributed by atoms with van der Waals surface area (Å²) in [7, 11) is 0. The number of ether oxygens (including phenoxy) is 1. The maximum absolute atomic E-state index is 13.2. The molecule has 2 nitrogen and oxygen atoms in total. The van der Waals surface area contributed by atoms with E-state index >= 15 is 0 Å². The number of nitrogens with one attached hydrogen (secondary N) is 1. The second-order valence-electron chi connectivity index (χ2n) is 4.71.